The minimum atomic E-state index is -0.757. The number of thiophene rings is 1. The van der Waals surface area contributed by atoms with Crippen LogP contribution in [0.2, 0.25) is 0 Å². The lowest BCUT2D eigenvalue weighted by Gasteiger charge is -2.31. The van der Waals surface area contributed by atoms with E-state index in [9.17, 15) is 9.59 Å². The minimum Gasteiger partial charge on any atom is -0.485 e. The molecule has 6 nitrogen and oxygen atoms in total. The highest BCUT2D eigenvalue weighted by Crippen LogP contribution is 2.31. The number of carbonyl (C=O) groups excluding carboxylic acids is 2. The quantitative estimate of drug-likeness (QED) is 0.787. The summed E-state index contributed by atoms with van der Waals surface area (Å²) in [6.07, 6.45) is 4.80. The number of amides is 2. The third kappa shape index (κ3) is 5.09. The highest BCUT2D eigenvalue weighted by atomic mass is 32.1. The maximum atomic E-state index is 13.2. The van der Waals surface area contributed by atoms with Gasteiger partial charge in [0.2, 0.25) is 12.0 Å². The van der Waals surface area contributed by atoms with Crippen molar-refractivity contribution in [1.29, 1.82) is 0 Å². The van der Waals surface area contributed by atoms with Crippen LogP contribution in [0.4, 0.5) is 0 Å². The molecule has 7 heteroatoms. The van der Waals surface area contributed by atoms with Gasteiger partial charge in [0.15, 0.2) is 11.5 Å². The zero-order valence-corrected chi connectivity index (χ0v) is 17.2. The highest BCUT2D eigenvalue weighted by molar-refractivity contribution is 7.09. The summed E-state index contributed by atoms with van der Waals surface area (Å²) in [5.74, 6) is 0.849. The molecule has 1 aliphatic carbocycles. The van der Waals surface area contributed by atoms with Crippen molar-refractivity contribution in [2.24, 2.45) is 0 Å². The second kappa shape index (κ2) is 9.31. The lowest BCUT2D eigenvalue weighted by molar-refractivity contribution is -0.145. The molecule has 1 unspecified atom stereocenters. The van der Waals surface area contributed by atoms with E-state index in [4.69, 9.17) is 9.47 Å². The Kier molecular flexibility index (Phi) is 6.34. The van der Waals surface area contributed by atoms with Gasteiger partial charge in [0.1, 0.15) is 13.2 Å². The van der Waals surface area contributed by atoms with Crippen LogP contribution in [0.15, 0.2) is 41.8 Å². The van der Waals surface area contributed by atoms with Gasteiger partial charge in [-0.2, -0.15) is 0 Å². The van der Waals surface area contributed by atoms with E-state index < -0.39 is 6.10 Å². The maximum Gasteiger partial charge on any atom is 0.268 e. The Balaban J connectivity index is 1.43. The molecule has 154 valence electrons. The molecule has 2 aliphatic rings. The van der Waals surface area contributed by atoms with Crippen LogP contribution in [-0.4, -0.2) is 42.0 Å². The Morgan fingerprint density at radius 1 is 1.07 bits per heavy atom. The first-order chi connectivity index (χ1) is 14.2. The summed E-state index contributed by atoms with van der Waals surface area (Å²) < 4.78 is 11.6. The number of nitrogens with one attached hydrogen (secondary N) is 1. The van der Waals surface area contributed by atoms with E-state index in [-0.39, 0.29) is 31.0 Å². The van der Waals surface area contributed by atoms with Crippen LogP contribution in [0.3, 0.4) is 0 Å². The molecule has 2 amide bonds. The molecule has 1 N–H and O–H groups in total. The van der Waals surface area contributed by atoms with Gasteiger partial charge in [-0.3, -0.25) is 9.59 Å². The van der Waals surface area contributed by atoms with Gasteiger partial charge in [0.05, 0.1) is 6.54 Å². The molecule has 0 spiro atoms. The average molecular weight is 415 g/mol. The second-order valence-corrected chi connectivity index (χ2v) is 8.57. The second-order valence-electron chi connectivity index (χ2n) is 7.54. The number of para-hydroxylation sites is 2. The molecule has 1 fully saturated rings. The number of hydrogen-bond donors (Lipinski definition) is 1. The number of hydrogen-bond acceptors (Lipinski definition) is 5. The van der Waals surface area contributed by atoms with E-state index in [0.717, 1.165) is 30.6 Å². The van der Waals surface area contributed by atoms with Crippen molar-refractivity contribution in [3.63, 3.8) is 0 Å². The highest BCUT2D eigenvalue weighted by Gasteiger charge is 2.32. The van der Waals surface area contributed by atoms with Crippen LogP contribution in [0.25, 0.3) is 0 Å². The van der Waals surface area contributed by atoms with E-state index >= 15 is 0 Å². The van der Waals surface area contributed by atoms with Crippen LogP contribution in [0.5, 0.6) is 11.5 Å². The largest absolute Gasteiger partial charge is 0.485 e. The topological polar surface area (TPSA) is 67.9 Å². The molecule has 2 aromatic rings. The summed E-state index contributed by atoms with van der Waals surface area (Å²) in [5.41, 5.74) is 0. The van der Waals surface area contributed by atoms with Crippen LogP contribution >= 0.6 is 11.3 Å². The maximum absolute atomic E-state index is 13.2. The van der Waals surface area contributed by atoms with Crippen LogP contribution < -0.4 is 14.8 Å². The zero-order valence-electron chi connectivity index (χ0n) is 16.3. The predicted octanol–water partition coefficient (Wildman–Crippen LogP) is 3.37. The third-order valence-electron chi connectivity index (χ3n) is 5.33. The Morgan fingerprint density at radius 2 is 1.86 bits per heavy atom. The number of benzene rings is 1. The Hall–Kier alpha value is -2.54. The fourth-order valence-electron chi connectivity index (χ4n) is 3.84. The van der Waals surface area contributed by atoms with Gasteiger partial charge in [0.25, 0.3) is 5.91 Å². The predicted molar refractivity (Wildman–Crippen MR) is 111 cm³/mol. The molecule has 2 heterocycles. The molecule has 0 radical (unpaired) electrons. The van der Waals surface area contributed by atoms with Gasteiger partial charge in [-0.1, -0.05) is 37.5 Å². The van der Waals surface area contributed by atoms with Crippen molar-refractivity contribution in [3.05, 3.63) is 46.7 Å². The SMILES string of the molecule is O=C(CN(Cc1cccs1)C(=O)C1COc2ccccc2O1)NC1CCCCC1. The molecule has 1 aromatic carbocycles. The van der Waals surface area contributed by atoms with Gasteiger partial charge in [-0.15, -0.1) is 11.3 Å². The van der Waals surface area contributed by atoms with Crippen molar-refractivity contribution >= 4 is 23.2 Å². The molecule has 0 saturated heterocycles. The van der Waals surface area contributed by atoms with Crippen molar-refractivity contribution in [1.82, 2.24) is 10.2 Å². The lowest BCUT2D eigenvalue weighted by Crippen LogP contribution is -2.50. The van der Waals surface area contributed by atoms with Crippen molar-refractivity contribution in [3.8, 4) is 11.5 Å². The molecule has 1 aromatic heterocycles. The zero-order chi connectivity index (χ0) is 20.1. The lowest BCUT2D eigenvalue weighted by atomic mass is 9.95. The number of fused-ring (bicyclic) bond motifs is 1. The van der Waals surface area contributed by atoms with Gasteiger partial charge in [0, 0.05) is 10.9 Å². The smallest absolute Gasteiger partial charge is 0.268 e. The molecule has 4 rings (SSSR count). The summed E-state index contributed by atoms with van der Waals surface area (Å²) >= 11 is 1.57. The summed E-state index contributed by atoms with van der Waals surface area (Å²) in [5, 5.41) is 5.07. The van der Waals surface area contributed by atoms with E-state index in [1.807, 2.05) is 35.7 Å². The first-order valence-electron chi connectivity index (χ1n) is 10.2. The van der Waals surface area contributed by atoms with E-state index in [0.29, 0.717) is 18.0 Å². The fourth-order valence-corrected chi connectivity index (χ4v) is 4.56. The number of rotatable bonds is 6. The molecule has 29 heavy (non-hydrogen) atoms. The van der Waals surface area contributed by atoms with Crippen molar-refractivity contribution < 1.29 is 19.1 Å². The van der Waals surface area contributed by atoms with Gasteiger partial charge < -0.3 is 19.7 Å². The van der Waals surface area contributed by atoms with Crippen LogP contribution in [0.1, 0.15) is 37.0 Å². The summed E-state index contributed by atoms with van der Waals surface area (Å²) in [6.45, 7) is 0.547. The molecular formula is C22H26N2O4S. The van der Waals surface area contributed by atoms with Crippen LogP contribution in [-0.2, 0) is 16.1 Å². The van der Waals surface area contributed by atoms with E-state index in [1.54, 1.807) is 22.3 Å². The normalized spacial score (nSPS) is 18.8. The molecule has 1 saturated carbocycles. The summed E-state index contributed by atoms with van der Waals surface area (Å²) in [7, 11) is 0. The number of carbonyl (C=O) groups is 2. The molecule has 1 aliphatic heterocycles. The van der Waals surface area contributed by atoms with Gasteiger partial charge in [-0.05, 0) is 36.4 Å². The average Bonchev–Trinajstić information content (AvgIpc) is 3.26. The fraction of sp³-hybridized carbons (Fsp3) is 0.455. The third-order valence-corrected chi connectivity index (χ3v) is 6.19. The first kappa shape index (κ1) is 19.8. The monoisotopic (exact) mass is 414 g/mol. The van der Waals surface area contributed by atoms with Gasteiger partial charge >= 0.3 is 0 Å². The van der Waals surface area contributed by atoms with Gasteiger partial charge in [-0.25, -0.2) is 0 Å². The van der Waals surface area contributed by atoms with E-state index in [1.165, 1.54) is 6.42 Å². The Labute approximate surface area is 174 Å². The van der Waals surface area contributed by atoms with Crippen molar-refractivity contribution in [2.75, 3.05) is 13.2 Å². The summed E-state index contributed by atoms with van der Waals surface area (Å²) in [4.78, 5) is 28.5. The number of ether oxygens (including phenoxy) is 2. The summed E-state index contributed by atoms with van der Waals surface area (Å²) in [6, 6.07) is 11.4. The minimum absolute atomic E-state index is 0.0226. The Bertz CT molecular complexity index is 833. The number of nitrogens with zero attached hydrogens (tertiary/aromatic N) is 1. The van der Waals surface area contributed by atoms with Crippen molar-refractivity contribution in [2.45, 2.75) is 50.8 Å². The van der Waals surface area contributed by atoms with E-state index in [2.05, 4.69) is 5.32 Å². The Morgan fingerprint density at radius 3 is 2.62 bits per heavy atom. The standard InChI is InChI=1S/C22H26N2O4S/c25-21(23-16-7-2-1-3-8-16)14-24(13-17-9-6-12-29-17)22(26)20-15-27-18-10-4-5-11-19(18)28-20/h4-6,9-12,16,20H,1-3,7-8,13-15H2,(H,23,25). The first-order valence-corrected chi connectivity index (χ1v) is 11.1. The molecule has 0 bridgehead atoms. The molecule has 1 atom stereocenters. The van der Waals surface area contributed by atoms with Crippen LogP contribution in [0, 0.1) is 0 Å². The molecular weight excluding hydrogens is 388 g/mol.